The molecule has 0 spiro atoms. The summed E-state index contributed by atoms with van der Waals surface area (Å²) in [7, 11) is 71.2. The first-order chi connectivity index (χ1) is 42.5. The van der Waals surface area contributed by atoms with Gasteiger partial charge in [-0.15, -0.1) is 187 Å². The molecule has 7 aromatic carbocycles. The van der Waals surface area contributed by atoms with E-state index in [0.29, 0.717) is 0 Å². The molecule has 0 saturated carbocycles. The predicted molar refractivity (Wildman–Crippen MR) is 544 cm³/mol. The maximum absolute atomic E-state index is 6.26. The van der Waals surface area contributed by atoms with Gasteiger partial charge in [-0.25, -0.2) is 0 Å². The quantitative estimate of drug-likeness (QED) is 0.0629. The first-order valence-electron chi connectivity index (χ1n) is 26.6. The molecule has 0 amide bonds. The number of hydrogen-bond donors (Lipinski definition) is 0. The van der Waals surface area contributed by atoms with E-state index in [9.17, 15) is 0 Å². The summed E-state index contributed by atoms with van der Waals surface area (Å²) in [4.78, 5) is 2.56. The Morgan fingerprint density at radius 2 is 0.622 bits per heavy atom. The van der Waals surface area contributed by atoms with Crippen molar-refractivity contribution >= 4 is 359 Å². The van der Waals surface area contributed by atoms with Gasteiger partial charge in [0.15, 0.2) is 0 Å². The molecule has 1 heterocycles. The summed E-state index contributed by atoms with van der Waals surface area (Å²) in [6.07, 6.45) is 0. The molecule has 2 nitrogen and oxygen atoms in total. The fourth-order valence-electron chi connectivity index (χ4n) is 11.3. The van der Waals surface area contributed by atoms with Crippen molar-refractivity contribution in [2.24, 2.45) is 0 Å². The zero-order chi connectivity index (χ0) is 65.7. The maximum Gasteiger partial charge on any atom is 0.135 e. The molecule has 0 bridgehead atoms. The lowest BCUT2D eigenvalue weighted by atomic mass is 9.82. The first-order valence-corrected chi connectivity index (χ1v) is 98.8. The van der Waals surface area contributed by atoms with Crippen LogP contribution in [0.3, 0.4) is 0 Å². The standard InChI is InChI=1S/C48H37NO.H42P40/c1-47(2)36-19-9-5-17-33(36)45-38(47)21-13-24-41(45)49(42-25-14-22-39-46(42)34-18-6-10-20-37(34)48(39,3)4)40-23-11-7-15-31(40)30-27-28-44-35(29-30)32-16-8-12-26-43(32)50-44;1-22(2)32(21)37(31(19)20)40(38(33(23(3)4)24(5)6)34(25(7)8)26(9)10)39(35(27(11)12)28(13)14)36(29(15)16)30(17)18/h5-29H,1-4H3;1-21H2. The van der Waals surface area contributed by atoms with Gasteiger partial charge in [0.2, 0.25) is 0 Å². The van der Waals surface area contributed by atoms with Gasteiger partial charge in [-0.2, -0.15) is 0 Å². The number of hydrogen-bond acceptors (Lipinski definition) is 2. The topological polar surface area (TPSA) is 16.4 Å². The monoisotopic (exact) mass is 1920 g/mol. The Balaban J connectivity index is 0.000000221. The lowest BCUT2D eigenvalue weighted by molar-refractivity contribution is 0.660. The van der Waals surface area contributed by atoms with E-state index < -0.39 is 0 Å². The van der Waals surface area contributed by atoms with Crippen molar-refractivity contribution in [3.8, 4) is 33.4 Å². The average molecular weight is 1930 g/mol. The summed E-state index contributed by atoms with van der Waals surface area (Å²) >= 11 is 0. The summed E-state index contributed by atoms with van der Waals surface area (Å²) in [6, 6.07) is 55.6. The Hall–Kier alpha value is 11.3. The van der Waals surface area contributed by atoms with Crippen molar-refractivity contribution in [3.63, 3.8) is 0 Å². The molecule has 482 valence electrons. The smallest absolute Gasteiger partial charge is 0.135 e. The van der Waals surface area contributed by atoms with E-state index in [1.807, 2.05) is 6.07 Å². The SMILES string of the molecule is CC1(C)c2ccccc2-c2c(N(c3ccccc3-c3ccc4oc5ccccc5c4c3)c3cccc4c3-c3ccccc3C4(C)C)cccc21.PP(P)P(P)P(P(P)P)P(P(P(P(P)P)P(P)P)P(P(P)P)P(P)P)P(P(P(P)P)P(P)P)P(P(P)P)P(P)P. The van der Waals surface area contributed by atoms with E-state index in [4.69, 9.17) is 4.42 Å². The van der Waals surface area contributed by atoms with Gasteiger partial charge in [0.25, 0.3) is 0 Å². The zero-order valence-electron chi connectivity index (χ0n) is 49.4. The molecule has 8 aromatic rings. The molecule has 0 radical (unpaired) electrons. The van der Waals surface area contributed by atoms with E-state index in [1.54, 1.807) is 0 Å². The van der Waals surface area contributed by atoms with Crippen LogP contribution in [0.4, 0.5) is 17.1 Å². The zero-order valence-corrected chi connectivity index (χ0v) is 90.7. The molecule has 0 aliphatic heterocycles. The van der Waals surface area contributed by atoms with Crippen LogP contribution in [0.15, 0.2) is 156 Å². The van der Waals surface area contributed by atoms with E-state index >= 15 is 0 Å². The van der Waals surface area contributed by atoms with Crippen molar-refractivity contribution in [2.45, 2.75) is 38.5 Å². The van der Waals surface area contributed by atoms with Crippen molar-refractivity contribution in [1.82, 2.24) is 0 Å². The molecule has 23 unspecified atom stereocenters. The second-order valence-electron chi connectivity index (χ2n) is 21.2. The molecular weight excluding hydrogens is 1850 g/mol. The maximum atomic E-state index is 6.26. The molecule has 0 fully saturated rings. The van der Waals surface area contributed by atoms with Crippen molar-refractivity contribution < 1.29 is 4.42 Å². The highest BCUT2D eigenvalue weighted by Crippen LogP contribution is 3.43. The van der Waals surface area contributed by atoms with Crippen molar-refractivity contribution in [2.75, 3.05) is 4.90 Å². The first kappa shape index (κ1) is 85.3. The van der Waals surface area contributed by atoms with E-state index in [2.05, 4.69) is 366 Å². The Morgan fingerprint density at radius 1 is 0.289 bits per heavy atom. The van der Waals surface area contributed by atoms with Crippen LogP contribution in [0.5, 0.6) is 0 Å². The molecule has 0 saturated heterocycles. The largest absolute Gasteiger partial charge is 0.456 e. The molecule has 23 atom stereocenters. The Labute approximate surface area is 607 Å². The van der Waals surface area contributed by atoms with Gasteiger partial charge < -0.3 is 9.32 Å². The predicted octanol–water partition coefficient (Wildman–Crippen LogP) is 36.5. The van der Waals surface area contributed by atoms with Gasteiger partial charge >= 0.3 is 0 Å². The molecule has 1 aromatic heterocycles. The summed E-state index contributed by atoms with van der Waals surface area (Å²) in [6.45, 7) is 7.66. The van der Waals surface area contributed by atoms with Gasteiger partial charge in [-0.05, 0) is 208 Å². The van der Waals surface area contributed by atoms with Gasteiger partial charge in [0.1, 0.15) is 11.2 Å². The van der Waals surface area contributed by atoms with Crippen LogP contribution >= 0.6 is 320 Å². The molecule has 90 heavy (non-hydrogen) atoms. The van der Waals surface area contributed by atoms with Crippen molar-refractivity contribution in [3.05, 3.63) is 174 Å². The van der Waals surface area contributed by atoms with Crippen LogP contribution in [-0.2, 0) is 10.8 Å². The number of rotatable bonds is 22. The minimum atomic E-state index is -0.146. The molecule has 10 rings (SSSR count). The van der Waals surface area contributed by atoms with Crippen molar-refractivity contribution in [1.29, 1.82) is 0 Å². The highest BCUT2D eigenvalue weighted by atomic mass is 33.5. The molecule has 42 heteroatoms. The summed E-state index contributed by atoms with van der Waals surface area (Å²) in [5.74, 6) is 0. The third-order valence-corrected chi connectivity index (χ3v) is 287. The number of anilines is 3. The highest BCUT2D eigenvalue weighted by molar-refractivity contribution is 9.48. The summed E-state index contributed by atoms with van der Waals surface area (Å²) < 4.78 is 6.26. The minimum Gasteiger partial charge on any atom is -0.456 e. The normalized spacial score (nSPS) is 15.2. The van der Waals surface area contributed by atoms with Gasteiger partial charge in [-0.3, -0.25) is 0 Å². The summed E-state index contributed by atoms with van der Waals surface area (Å²) in [5.41, 5.74) is 18.1. The second kappa shape index (κ2) is 38.5. The van der Waals surface area contributed by atoms with Crippen LogP contribution in [0.1, 0.15) is 49.9 Å². The Bertz CT molecular complexity index is 3560. The molecular formula is C48H79NOP40. The lowest BCUT2D eigenvalue weighted by Gasteiger charge is -2.56. The average Bonchev–Trinajstić information content (AvgIpc) is 1.52. The van der Waals surface area contributed by atoms with Crippen LogP contribution in [0.25, 0.3) is 55.3 Å². The van der Waals surface area contributed by atoms with Gasteiger partial charge in [0.05, 0.1) is 17.1 Å². The third-order valence-electron chi connectivity index (χ3n) is 14.9. The lowest BCUT2D eigenvalue weighted by Crippen LogP contribution is -2.17. The number of nitrogens with zero attached hydrogens (tertiary/aromatic N) is 1. The summed E-state index contributed by atoms with van der Waals surface area (Å²) in [5, 5.41) is 2.27. The van der Waals surface area contributed by atoms with Crippen LogP contribution in [0.2, 0.25) is 0 Å². The van der Waals surface area contributed by atoms with Crippen LogP contribution in [-0.4, -0.2) is 0 Å². The minimum absolute atomic E-state index is 0.0490. The van der Waals surface area contributed by atoms with Gasteiger partial charge in [-0.1, -0.05) is 143 Å². The fraction of sp³-hybridized carbons (Fsp3) is 0.125. The van der Waals surface area contributed by atoms with Crippen LogP contribution < -0.4 is 4.90 Å². The third kappa shape index (κ3) is 19.1. The molecule has 2 aliphatic carbocycles. The second-order valence-corrected chi connectivity index (χ2v) is 184. The Morgan fingerprint density at radius 3 is 1.03 bits per heavy atom. The number of fused-ring (bicyclic) bond motifs is 9. The van der Waals surface area contributed by atoms with E-state index in [1.165, 1.54) is 61.4 Å². The number of furan rings is 1. The number of para-hydroxylation sites is 2. The van der Waals surface area contributed by atoms with Gasteiger partial charge in [0, 0.05) is 38.3 Å². The van der Waals surface area contributed by atoms with E-state index in [0.717, 1.165) is 33.2 Å². The van der Waals surface area contributed by atoms with Crippen LogP contribution in [0, 0.1) is 0 Å². The highest BCUT2D eigenvalue weighted by Gasteiger charge is 2.55. The van der Waals surface area contributed by atoms with E-state index in [-0.39, 0.29) is 144 Å². The number of benzene rings is 7. The fourth-order valence-corrected chi connectivity index (χ4v) is 552. The Kier molecular flexibility index (Phi) is 36.5. The molecule has 2 aliphatic rings. The molecule has 0 N–H and O–H groups in total.